The first kappa shape index (κ1) is 17.0. The van der Waals surface area contributed by atoms with Crippen molar-refractivity contribution in [2.24, 2.45) is 0 Å². The van der Waals surface area contributed by atoms with Crippen molar-refractivity contribution in [1.82, 2.24) is 20.1 Å². The fraction of sp³-hybridized carbons (Fsp3) is 0.471. The van der Waals surface area contributed by atoms with Gasteiger partial charge < -0.3 is 9.88 Å². The molecule has 1 aromatic heterocycles. The number of thioether (sulfide) groups is 1. The lowest BCUT2D eigenvalue weighted by Crippen LogP contribution is -2.24. The maximum absolute atomic E-state index is 12.9. The third-order valence-electron chi connectivity index (χ3n) is 3.85. The first-order valence-electron chi connectivity index (χ1n) is 8.13. The van der Waals surface area contributed by atoms with Crippen LogP contribution in [0.2, 0.25) is 0 Å². The minimum absolute atomic E-state index is 0.0687. The number of benzene rings is 1. The molecule has 0 unspecified atom stereocenters. The molecule has 1 aromatic carbocycles. The summed E-state index contributed by atoms with van der Waals surface area (Å²) in [5, 5.41) is 12.2. The highest BCUT2D eigenvalue weighted by molar-refractivity contribution is 7.99. The average molecular weight is 348 g/mol. The van der Waals surface area contributed by atoms with E-state index in [0.717, 1.165) is 29.4 Å². The number of nitrogens with one attached hydrogen (secondary N) is 1. The predicted molar refractivity (Wildman–Crippen MR) is 91.4 cm³/mol. The van der Waals surface area contributed by atoms with Crippen LogP contribution in [-0.2, 0) is 11.3 Å². The highest BCUT2D eigenvalue weighted by Gasteiger charge is 2.30. The number of hydrogen-bond acceptors (Lipinski definition) is 4. The van der Waals surface area contributed by atoms with E-state index < -0.39 is 0 Å². The summed E-state index contributed by atoms with van der Waals surface area (Å²) < 4.78 is 15.0. The van der Waals surface area contributed by atoms with E-state index in [-0.39, 0.29) is 11.7 Å². The van der Waals surface area contributed by atoms with E-state index in [0.29, 0.717) is 24.3 Å². The summed E-state index contributed by atoms with van der Waals surface area (Å²) in [4.78, 5) is 12.0. The van der Waals surface area contributed by atoms with Gasteiger partial charge in [0.15, 0.2) is 5.16 Å². The number of carbonyl (C=O) groups is 1. The maximum atomic E-state index is 12.9. The molecule has 3 rings (SSSR count). The number of carbonyl (C=O) groups excluding carboxylic acids is 1. The molecule has 7 heteroatoms. The van der Waals surface area contributed by atoms with Crippen LogP contribution < -0.4 is 5.32 Å². The van der Waals surface area contributed by atoms with Crippen molar-refractivity contribution in [3.8, 4) is 0 Å². The maximum Gasteiger partial charge on any atom is 0.230 e. The van der Waals surface area contributed by atoms with Crippen molar-refractivity contribution in [2.75, 3.05) is 5.75 Å². The van der Waals surface area contributed by atoms with Gasteiger partial charge in [-0.05, 0) is 30.5 Å². The predicted octanol–water partition coefficient (Wildman–Crippen LogP) is 3.28. The molecule has 0 aliphatic heterocycles. The van der Waals surface area contributed by atoms with Crippen LogP contribution in [0.4, 0.5) is 4.39 Å². The Labute approximate surface area is 145 Å². The third kappa shape index (κ3) is 4.14. The molecular weight excluding hydrogens is 327 g/mol. The van der Waals surface area contributed by atoms with Crippen molar-refractivity contribution in [3.05, 3.63) is 41.5 Å². The largest absolute Gasteiger partial charge is 0.351 e. The summed E-state index contributed by atoms with van der Waals surface area (Å²) >= 11 is 1.42. The van der Waals surface area contributed by atoms with Crippen LogP contribution in [-0.4, -0.2) is 26.4 Å². The van der Waals surface area contributed by atoms with Crippen molar-refractivity contribution in [1.29, 1.82) is 0 Å². The van der Waals surface area contributed by atoms with Gasteiger partial charge >= 0.3 is 0 Å². The van der Waals surface area contributed by atoms with Gasteiger partial charge in [-0.25, -0.2) is 4.39 Å². The molecule has 0 bridgehead atoms. The first-order valence-corrected chi connectivity index (χ1v) is 9.12. The van der Waals surface area contributed by atoms with Gasteiger partial charge in [-0.2, -0.15) is 0 Å². The van der Waals surface area contributed by atoms with Crippen LogP contribution in [0.3, 0.4) is 0 Å². The smallest absolute Gasteiger partial charge is 0.230 e. The van der Waals surface area contributed by atoms with Crippen LogP contribution >= 0.6 is 11.8 Å². The summed E-state index contributed by atoms with van der Waals surface area (Å²) in [7, 11) is 0. The minimum Gasteiger partial charge on any atom is -0.351 e. The van der Waals surface area contributed by atoms with E-state index in [2.05, 4.69) is 33.9 Å². The molecule has 1 amide bonds. The zero-order chi connectivity index (χ0) is 17.1. The van der Waals surface area contributed by atoms with Gasteiger partial charge in [0.05, 0.1) is 5.75 Å². The second-order valence-electron chi connectivity index (χ2n) is 6.29. The van der Waals surface area contributed by atoms with Gasteiger partial charge in [-0.3, -0.25) is 4.79 Å². The van der Waals surface area contributed by atoms with Crippen LogP contribution in [0.25, 0.3) is 0 Å². The van der Waals surface area contributed by atoms with Crippen LogP contribution in [0.15, 0.2) is 29.4 Å². The summed E-state index contributed by atoms with van der Waals surface area (Å²) in [5.41, 5.74) is 0.873. The number of nitrogens with zero attached hydrogens (tertiary/aromatic N) is 3. The van der Waals surface area contributed by atoms with E-state index in [9.17, 15) is 9.18 Å². The molecule has 128 valence electrons. The molecule has 0 radical (unpaired) electrons. The van der Waals surface area contributed by atoms with Gasteiger partial charge in [-0.1, -0.05) is 37.7 Å². The number of halogens is 1. The monoisotopic (exact) mass is 348 g/mol. The molecule has 1 N–H and O–H groups in total. The van der Waals surface area contributed by atoms with Crippen molar-refractivity contribution < 1.29 is 9.18 Å². The topological polar surface area (TPSA) is 59.8 Å². The summed E-state index contributed by atoms with van der Waals surface area (Å²) in [6.07, 6.45) is 2.31. The summed E-state index contributed by atoms with van der Waals surface area (Å²) in [6, 6.07) is 6.61. The Morgan fingerprint density at radius 1 is 1.33 bits per heavy atom. The fourth-order valence-electron chi connectivity index (χ4n) is 2.44. The molecule has 1 heterocycles. The molecule has 1 aliphatic carbocycles. The molecule has 0 spiro atoms. The quantitative estimate of drug-likeness (QED) is 0.780. The van der Waals surface area contributed by atoms with E-state index in [1.54, 1.807) is 12.1 Å². The van der Waals surface area contributed by atoms with Crippen LogP contribution in [0, 0.1) is 5.82 Å². The van der Waals surface area contributed by atoms with E-state index in [1.807, 2.05) is 0 Å². The highest BCUT2D eigenvalue weighted by atomic mass is 32.2. The fourth-order valence-corrected chi connectivity index (χ4v) is 3.28. The van der Waals surface area contributed by atoms with E-state index >= 15 is 0 Å². The number of aromatic nitrogens is 3. The molecule has 1 aliphatic rings. The zero-order valence-electron chi connectivity index (χ0n) is 13.8. The Bertz CT molecular complexity index is 710. The minimum atomic E-state index is -0.277. The first-order chi connectivity index (χ1) is 11.5. The molecule has 24 heavy (non-hydrogen) atoms. The van der Waals surface area contributed by atoms with Gasteiger partial charge in [0.2, 0.25) is 5.91 Å². The molecular formula is C17H21FN4OS. The molecule has 0 saturated heterocycles. The Morgan fingerprint density at radius 2 is 2.04 bits per heavy atom. The summed E-state index contributed by atoms with van der Waals surface area (Å²) in [6.45, 7) is 4.60. The second-order valence-corrected chi connectivity index (χ2v) is 7.23. The Morgan fingerprint density at radius 3 is 2.67 bits per heavy atom. The zero-order valence-corrected chi connectivity index (χ0v) is 14.6. The third-order valence-corrected chi connectivity index (χ3v) is 4.80. The molecule has 1 fully saturated rings. The van der Waals surface area contributed by atoms with Gasteiger partial charge in [0, 0.05) is 18.5 Å². The molecule has 1 saturated carbocycles. The Hall–Kier alpha value is -1.89. The second kappa shape index (κ2) is 7.34. The lowest BCUT2D eigenvalue weighted by Gasteiger charge is -2.10. The van der Waals surface area contributed by atoms with E-state index in [4.69, 9.17) is 0 Å². The standard InChI is InChI=1S/C17H21FN4OS/c1-11(2)16-20-21-17(22(16)14-7-8-14)24-10-15(23)19-9-12-3-5-13(18)6-4-12/h3-6,11,14H,7-10H2,1-2H3,(H,19,23). The highest BCUT2D eigenvalue weighted by Crippen LogP contribution is 2.40. The van der Waals surface area contributed by atoms with Crippen LogP contribution in [0.5, 0.6) is 0 Å². The number of rotatable bonds is 7. The SMILES string of the molecule is CC(C)c1nnc(SCC(=O)NCc2ccc(F)cc2)n1C1CC1. The van der Waals surface area contributed by atoms with Gasteiger partial charge in [0.25, 0.3) is 0 Å². The number of amides is 1. The van der Waals surface area contributed by atoms with Gasteiger partial charge in [-0.15, -0.1) is 10.2 Å². The van der Waals surface area contributed by atoms with Crippen molar-refractivity contribution in [3.63, 3.8) is 0 Å². The summed E-state index contributed by atoms with van der Waals surface area (Å²) in [5.74, 6) is 1.26. The lowest BCUT2D eigenvalue weighted by molar-refractivity contribution is -0.118. The Balaban J connectivity index is 1.54. The normalized spacial score (nSPS) is 14.2. The molecule has 2 aromatic rings. The van der Waals surface area contributed by atoms with Crippen LogP contribution in [0.1, 0.15) is 50.0 Å². The van der Waals surface area contributed by atoms with Gasteiger partial charge in [0.1, 0.15) is 11.6 Å². The van der Waals surface area contributed by atoms with E-state index in [1.165, 1.54) is 23.9 Å². The van der Waals surface area contributed by atoms with Crippen molar-refractivity contribution >= 4 is 17.7 Å². The molecule has 0 atom stereocenters. The average Bonchev–Trinajstić information content (AvgIpc) is 3.31. The lowest BCUT2D eigenvalue weighted by atomic mass is 10.2. The van der Waals surface area contributed by atoms with Crippen molar-refractivity contribution in [2.45, 2.75) is 50.4 Å². The number of hydrogen-bond donors (Lipinski definition) is 1. The Kier molecular flexibility index (Phi) is 5.18. The molecule has 5 nitrogen and oxygen atoms in total.